The highest BCUT2D eigenvalue weighted by Crippen LogP contribution is 2.31. The predicted molar refractivity (Wildman–Crippen MR) is 224 cm³/mol. The minimum atomic E-state index is 0.000738. The minimum Gasteiger partial charge on any atom is -0.398 e. The summed E-state index contributed by atoms with van der Waals surface area (Å²) in [4.78, 5) is 34.6. The van der Waals surface area contributed by atoms with E-state index >= 15 is 0 Å². The third kappa shape index (κ3) is 11.3. The number of carbonyl (C=O) groups excluding carboxylic acids is 2. The molecule has 12 heteroatoms. The van der Waals surface area contributed by atoms with Crippen LogP contribution in [0.1, 0.15) is 60.0 Å². The van der Waals surface area contributed by atoms with Gasteiger partial charge in [0.25, 0.3) is 0 Å². The summed E-state index contributed by atoms with van der Waals surface area (Å²) >= 11 is 24.2. The zero-order chi connectivity index (χ0) is 38.8. The Labute approximate surface area is 339 Å². The fourth-order valence-electron chi connectivity index (χ4n) is 7.11. The lowest BCUT2D eigenvalue weighted by atomic mass is 10.0. The minimum absolute atomic E-state index is 0.000738. The van der Waals surface area contributed by atoms with Crippen LogP contribution in [0.3, 0.4) is 0 Å². The second kappa shape index (κ2) is 19.9. The number of nitrogens with zero attached hydrogens (tertiary/aromatic N) is 4. The molecule has 2 atom stereocenters. The fraction of sp³-hybridized carbons (Fsp3) is 0.381. The molecule has 0 aromatic heterocycles. The number of nitrogen functional groups attached to an aromatic ring is 2. The van der Waals surface area contributed by atoms with Crippen LogP contribution < -0.4 is 11.5 Å². The highest BCUT2D eigenvalue weighted by Gasteiger charge is 2.27. The highest BCUT2D eigenvalue weighted by molar-refractivity contribution is 6.42. The first-order valence-electron chi connectivity index (χ1n) is 18.4. The molecule has 4 N–H and O–H groups in total. The van der Waals surface area contributed by atoms with Gasteiger partial charge >= 0.3 is 0 Å². The number of hydrogen-bond acceptors (Lipinski definition) is 6. The summed E-state index contributed by atoms with van der Waals surface area (Å²) in [6.07, 6.45) is 5.28. The average Bonchev–Trinajstić information content (AvgIpc) is 3.89. The van der Waals surface area contributed by atoms with Crippen molar-refractivity contribution in [2.45, 2.75) is 50.6 Å². The maximum atomic E-state index is 13.0. The molecule has 4 aromatic rings. The van der Waals surface area contributed by atoms with Crippen LogP contribution in [0, 0.1) is 0 Å². The van der Waals surface area contributed by atoms with E-state index in [-0.39, 0.29) is 36.7 Å². The van der Waals surface area contributed by atoms with Gasteiger partial charge in [-0.05, 0) is 98.4 Å². The van der Waals surface area contributed by atoms with Gasteiger partial charge in [-0.15, -0.1) is 0 Å². The fourth-order valence-corrected chi connectivity index (χ4v) is 7.83. The van der Waals surface area contributed by atoms with E-state index in [1.54, 1.807) is 24.3 Å². The van der Waals surface area contributed by atoms with Crippen molar-refractivity contribution in [2.75, 3.05) is 64.8 Å². The largest absolute Gasteiger partial charge is 0.398 e. The lowest BCUT2D eigenvalue weighted by molar-refractivity contribution is -0.132. The van der Waals surface area contributed by atoms with Gasteiger partial charge in [0.2, 0.25) is 11.8 Å². The first-order valence-corrected chi connectivity index (χ1v) is 19.9. The number of hydrogen-bond donors (Lipinski definition) is 2. The molecule has 2 fully saturated rings. The molecule has 288 valence electrons. The average molecular weight is 813 g/mol. The van der Waals surface area contributed by atoms with Gasteiger partial charge < -0.3 is 31.1 Å². The zero-order valence-electron chi connectivity index (χ0n) is 31.0. The molecule has 2 saturated heterocycles. The quantitative estimate of drug-likeness (QED) is 0.139. The van der Waals surface area contributed by atoms with Crippen molar-refractivity contribution in [1.29, 1.82) is 0 Å². The van der Waals surface area contributed by atoms with Gasteiger partial charge in [0, 0.05) is 38.6 Å². The lowest BCUT2D eigenvalue weighted by Crippen LogP contribution is -2.39. The topological polar surface area (TPSA) is 99.1 Å². The summed E-state index contributed by atoms with van der Waals surface area (Å²) in [7, 11) is 3.73. The van der Waals surface area contributed by atoms with Crippen molar-refractivity contribution in [1.82, 2.24) is 19.6 Å². The molecule has 8 nitrogen and oxygen atoms in total. The molecular weight excluding hydrogens is 762 g/mol. The van der Waals surface area contributed by atoms with E-state index in [1.165, 1.54) is 25.7 Å². The smallest absolute Gasteiger partial charge is 0.227 e. The first kappa shape index (κ1) is 41.7. The van der Waals surface area contributed by atoms with Crippen molar-refractivity contribution in [3.63, 3.8) is 0 Å². The summed E-state index contributed by atoms with van der Waals surface area (Å²) in [5.74, 6) is 0.0151. The number of rotatable bonds is 12. The second-order valence-electron chi connectivity index (χ2n) is 14.2. The third-order valence-corrected chi connectivity index (χ3v) is 11.8. The van der Waals surface area contributed by atoms with Gasteiger partial charge in [-0.3, -0.25) is 9.59 Å². The van der Waals surface area contributed by atoms with Crippen molar-refractivity contribution in [3.05, 3.63) is 127 Å². The molecule has 0 radical (unpaired) electrons. The first-order chi connectivity index (χ1) is 25.9. The van der Waals surface area contributed by atoms with Crippen molar-refractivity contribution in [3.8, 4) is 0 Å². The number of anilines is 2. The third-order valence-electron chi connectivity index (χ3n) is 10.4. The molecule has 4 aromatic carbocycles. The van der Waals surface area contributed by atoms with Crippen LogP contribution in [-0.2, 0) is 22.4 Å². The van der Waals surface area contributed by atoms with E-state index in [1.807, 2.05) is 60.3 Å². The van der Waals surface area contributed by atoms with Crippen molar-refractivity contribution in [2.24, 2.45) is 0 Å². The van der Waals surface area contributed by atoms with E-state index in [9.17, 15) is 9.59 Å². The Morgan fingerprint density at radius 2 is 0.889 bits per heavy atom. The maximum Gasteiger partial charge on any atom is 0.227 e. The Bertz CT molecular complexity index is 1720. The molecule has 0 saturated carbocycles. The molecule has 2 aliphatic heterocycles. The molecular formula is C42H50Cl4N6O2. The van der Waals surface area contributed by atoms with Gasteiger partial charge in [-0.1, -0.05) is 107 Å². The molecule has 0 aliphatic carbocycles. The van der Waals surface area contributed by atoms with Gasteiger partial charge in [0.15, 0.2) is 0 Å². The summed E-state index contributed by atoms with van der Waals surface area (Å²) in [5.41, 5.74) is 16.7. The predicted octanol–water partition coefficient (Wildman–Crippen LogP) is 8.83. The van der Waals surface area contributed by atoms with Gasteiger partial charge in [-0.25, -0.2) is 0 Å². The van der Waals surface area contributed by atoms with Crippen molar-refractivity contribution < 1.29 is 9.59 Å². The lowest BCUT2D eigenvalue weighted by Gasteiger charge is -2.32. The van der Waals surface area contributed by atoms with E-state index < -0.39 is 0 Å². The highest BCUT2D eigenvalue weighted by atomic mass is 35.5. The molecule has 0 unspecified atom stereocenters. The Balaban J connectivity index is 0.000000208. The number of halogens is 4. The van der Waals surface area contributed by atoms with Crippen LogP contribution in [0.2, 0.25) is 20.1 Å². The molecule has 54 heavy (non-hydrogen) atoms. The summed E-state index contributed by atoms with van der Waals surface area (Å²) in [5, 5.41) is 1.62. The number of benzene rings is 4. The van der Waals surface area contributed by atoms with Crippen molar-refractivity contribution >= 4 is 69.6 Å². The number of likely N-dealkylation sites (N-methyl/N-ethyl adjacent to an activating group) is 2. The van der Waals surface area contributed by atoms with Gasteiger partial charge in [0.1, 0.15) is 0 Å². The van der Waals surface area contributed by atoms with E-state index in [0.29, 0.717) is 42.6 Å². The second-order valence-corrected chi connectivity index (χ2v) is 15.8. The normalized spacial score (nSPS) is 15.7. The number of amides is 2. The number of nitrogens with two attached hydrogens (primary N) is 2. The maximum absolute atomic E-state index is 13.0. The molecule has 0 spiro atoms. The van der Waals surface area contributed by atoms with Crippen LogP contribution >= 0.6 is 46.4 Å². The Hall–Kier alpha value is -3.50. The van der Waals surface area contributed by atoms with Gasteiger partial charge in [0.05, 0.1) is 45.0 Å². The standard InChI is InChI=1S/2C21H25Cl2N3O/c2*1-25(21(27)12-16-11-17(22)18(23)13-19(16)24)20(14-26-9-5-6-10-26)15-7-3-2-4-8-15/h2*2-4,7-8,11,13,20H,5-6,9-10,12,14,24H2,1H3/t2*20-/m11/s1. The van der Waals surface area contributed by atoms with Crippen LogP contribution in [-0.4, -0.2) is 84.8 Å². The van der Waals surface area contributed by atoms with E-state index in [2.05, 4.69) is 34.1 Å². The molecule has 6 rings (SSSR count). The van der Waals surface area contributed by atoms with Crippen LogP contribution in [0.15, 0.2) is 84.9 Å². The SMILES string of the molecule is CN(C(=O)Cc1cc(Cl)c(Cl)cc1N)[C@H](CN1CCCC1)c1ccccc1.CN(C(=O)Cc1cc(Cl)c(Cl)cc1N)[C@H](CN1CCCC1)c1ccccc1. The van der Waals surface area contributed by atoms with Crippen LogP contribution in [0.25, 0.3) is 0 Å². The Morgan fingerprint density at radius 1 is 0.574 bits per heavy atom. The molecule has 2 amide bonds. The van der Waals surface area contributed by atoms with E-state index in [0.717, 1.165) is 50.4 Å². The summed E-state index contributed by atoms with van der Waals surface area (Å²) in [6, 6.07) is 27.0. The zero-order valence-corrected chi connectivity index (χ0v) is 34.0. The Morgan fingerprint density at radius 3 is 1.22 bits per heavy atom. The van der Waals surface area contributed by atoms with Crippen LogP contribution in [0.4, 0.5) is 11.4 Å². The number of likely N-dealkylation sites (tertiary alicyclic amines) is 2. The van der Waals surface area contributed by atoms with Crippen LogP contribution in [0.5, 0.6) is 0 Å². The molecule has 0 bridgehead atoms. The van der Waals surface area contributed by atoms with E-state index in [4.69, 9.17) is 57.9 Å². The monoisotopic (exact) mass is 810 g/mol. The Kier molecular flexibility index (Phi) is 15.3. The molecule has 2 heterocycles. The summed E-state index contributed by atoms with van der Waals surface area (Å²) in [6.45, 7) is 6.03. The summed E-state index contributed by atoms with van der Waals surface area (Å²) < 4.78 is 0. The molecule has 2 aliphatic rings. The van der Waals surface area contributed by atoms with Gasteiger partial charge in [-0.2, -0.15) is 0 Å². The number of carbonyl (C=O) groups is 2.